The van der Waals surface area contributed by atoms with Crippen LogP contribution in [0.2, 0.25) is 0 Å². The maximum atomic E-state index is 13.0. The molecule has 0 radical (unpaired) electrons. The van der Waals surface area contributed by atoms with E-state index >= 15 is 0 Å². The van der Waals surface area contributed by atoms with Crippen LogP contribution in [-0.2, 0) is 4.79 Å². The highest BCUT2D eigenvalue weighted by molar-refractivity contribution is 7.18. The van der Waals surface area contributed by atoms with Gasteiger partial charge in [-0.3, -0.25) is 4.79 Å². The lowest BCUT2D eigenvalue weighted by atomic mass is 9.98. The molecule has 0 unspecified atom stereocenters. The Morgan fingerprint density at radius 2 is 1.77 bits per heavy atom. The molecule has 0 N–H and O–H groups in total. The average Bonchev–Trinajstić information content (AvgIpc) is 3.28. The van der Waals surface area contributed by atoms with E-state index in [1.54, 1.807) is 11.3 Å². The fourth-order valence-electron chi connectivity index (χ4n) is 4.15. The van der Waals surface area contributed by atoms with Gasteiger partial charge in [-0.25, -0.2) is 4.98 Å². The highest BCUT2D eigenvalue weighted by Gasteiger charge is 2.27. The van der Waals surface area contributed by atoms with Crippen molar-refractivity contribution in [3.05, 3.63) is 83.9 Å². The third-order valence-electron chi connectivity index (χ3n) is 5.76. The van der Waals surface area contributed by atoms with Crippen molar-refractivity contribution < 1.29 is 9.53 Å². The Morgan fingerprint density at radius 3 is 2.65 bits per heavy atom. The van der Waals surface area contributed by atoms with E-state index in [9.17, 15) is 4.79 Å². The van der Waals surface area contributed by atoms with Gasteiger partial charge in [-0.1, -0.05) is 60.7 Å². The molecule has 4 aromatic rings. The monoisotopic (exact) mass is 428 g/mol. The van der Waals surface area contributed by atoms with Crippen molar-refractivity contribution in [3.63, 3.8) is 0 Å². The predicted molar refractivity (Wildman–Crippen MR) is 126 cm³/mol. The smallest absolute Gasteiger partial charge is 0.260 e. The van der Waals surface area contributed by atoms with Crippen molar-refractivity contribution in [2.24, 2.45) is 0 Å². The Labute approximate surface area is 186 Å². The van der Waals surface area contributed by atoms with Gasteiger partial charge < -0.3 is 9.64 Å². The first-order chi connectivity index (χ1) is 15.3. The zero-order valence-electron chi connectivity index (χ0n) is 17.2. The number of aromatic nitrogens is 1. The molecular weight excluding hydrogens is 404 g/mol. The van der Waals surface area contributed by atoms with Gasteiger partial charge in [0.25, 0.3) is 5.91 Å². The number of amides is 1. The topological polar surface area (TPSA) is 42.4 Å². The van der Waals surface area contributed by atoms with Gasteiger partial charge in [-0.05, 0) is 36.6 Å². The molecule has 156 valence electrons. The van der Waals surface area contributed by atoms with Gasteiger partial charge in [0.05, 0.1) is 15.2 Å². The molecule has 4 nitrogen and oxygen atoms in total. The van der Waals surface area contributed by atoms with Crippen LogP contribution in [0.3, 0.4) is 0 Å². The zero-order valence-corrected chi connectivity index (χ0v) is 18.1. The SMILES string of the molecule is O=C(COc1ccccc1-c1ccccc1)N1CCC[C@H](c2nc3ccccc3s2)C1. The lowest BCUT2D eigenvalue weighted by Gasteiger charge is -2.31. The molecule has 3 aromatic carbocycles. The molecule has 1 aliphatic heterocycles. The van der Waals surface area contributed by atoms with Crippen LogP contribution in [0.15, 0.2) is 78.9 Å². The van der Waals surface area contributed by atoms with E-state index in [4.69, 9.17) is 9.72 Å². The zero-order chi connectivity index (χ0) is 21.0. The van der Waals surface area contributed by atoms with Crippen LogP contribution in [0.4, 0.5) is 0 Å². The number of benzene rings is 3. The Balaban J connectivity index is 1.26. The maximum Gasteiger partial charge on any atom is 0.260 e. The van der Waals surface area contributed by atoms with E-state index in [1.165, 1.54) is 4.70 Å². The molecule has 5 rings (SSSR count). The number of ether oxygens (including phenoxy) is 1. The standard InChI is InChI=1S/C26H24N2O2S/c29-25(18-30-23-14-6-4-12-21(23)19-9-2-1-3-10-19)28-16-8-11-20(17-28)26-27-22-13-5-7-15-24(22)31-26/h1-7,9-10,12-15,20H,8,11,16-18H2/t20-/m0/s1. The Bertz CT molecular complexity index is 1160. The van der Waals surface area contributed by atoms with Gasteiger partial charge in [0.2, 0.25) is 0 Å². The fourth-order valence-corrected chi connectivity index (χ4v) is 5.24. The number of rotatable bonds is 5. The number of para-hydroxylation sites is 2. The molecule has 1 aromatic heterocycles. The second-order valence-corrected chi connectivity index (χ2v) is 8.91. The quantitative estimate of drug-likeness (QED) is 0.407. The summed E-state index contributed by atoms with van der Waals surface area (Å²) in [5.74, 6) is 1.07. The van der Waals surface area contributed by atoms with Crippen molar-refractivity contribution >= 4 is 27.5 Å². The van der Waals surface area contributed by atoms with E-state index in [2.05, 4.69) is 24.3 Å². The summed E-state index contributed by atoms with van der Waals surface area (Å²) in [6.45, 7) is 1.54. The number of thiazole rings is 1. The molecule has 1 saturated heterocycles. The van der Waals surface area contributed by atoms with Crippen molar-refractivity contribution in [2.45, 2.75) is 18.8 Å². The maximum absolute atomic E-state index is 13.0. The van der Waals surface area contributed by atoms with Gasteiger partial charge in [-0.2, -0.15) is 0 Å². The van der Waals surface area contributed by atoms with E-state index in [0.717, 1.165) is 46.8 Å². The Hall–Kier alpha value is -3.18. The molecule has 1 aliphatic rings. The average molecular weight is 429 g/mol. The van der Waals surface area contributed by atoms with Gasteiger partial charge in [0.15, 0.2) is 6.61 Å². The third kappa shape index (κ3) is 4.32. The van der Waals surface area contributed by atoms with Crippen molar-refractivity contribution in [1.82, 2.24) is 9.88 Å². The van der Waals surface area contributed by atoms with Gasteiger partial charge in [0, 0.05) is 24.6 Å². The third-order valence-corrected chi connectivity index (χ3v) is 6.96. The van der Waals surface area contributed by atoms with Crippen LogP contribution in [-0.4, -0.2) is 35.5 Å². The summed E-state index contributed by atoms with van der Waals surface area (Å²) < 4.78 is 7.20. The molecule has 1 amide bonds. The number of hydrogen-bond donors (Lipinski definition) is 0. The first-order valence-electron chi connectivity index (χ1n) is 10.7. The van der Waals surface area contributed by atoms with E-state index in [0.29, 0.717) is 12.5 Å². The number of hydrogen-bond acceptors (Lipinski definition) is 4. The minimum Gasteiger partial charge on any atom is -0.483 e. The van der Waals surface area contributed by atoms with Crippen LogP contribution in [0, 0.1) is 0 Å². The molecule has 0 aliphatic carbocycles. The number of likely N-dealkylation sites (tertiary alicyclic amines) is 1. The fraction of sp³-hybridized carbons (Fsp3) is 0.231. The summed E-state index contributed by atoms with van der Waals surface area (Å²) in [7, 11) is 0. The molecule has 1 fully saturated rings. The lowest BCUT2D eigenvalue weighted by molar-refractivity contribution is -0.134. The second-order valence-electron chi connectivity index (χ2n) is 7.85. The minimum atomic E-state index is 0.0358. The lowest BCUT2D eigenvalue weighted by Crippen LogP contribution is -2.41. The molecule has 0 saturated carbocycles. The van der Waals surface area contributed by atoms with Gasteiger partial charge in [-0.15, -0.1) is 11.3 Å². The van der Waals surface area contributed by atoms with Crippen LogP contribution in [0.25, 0.3) is 21.3 Å². The number of carbonyl (C=O) groups is 1. The summed E-state index contributed by atoms with van der Waals surface area (Å²) in [5.41, 5.74) is 3.13. The van der Waals surface area contributed by atoms with Crippen molar-refractivity contribution in [1.29, 1.82) is 0 Å². The number of carbonyl (C=O) groups excluding carboxylic acids is 1. The summed E-state index contributed by atoms with van der Waals surface area (Å²) >= 11 is 1.75. The Morgan fingerprint density at radius 1 is 1.00 bits per heavy atom. The predicted octanol–water partition coefficient (Wildman–Crippen LogP) is 5.75. The summed E-state index contributed by atoms with van der Waals surface area (Å²) in [5, 5.41) is 1.13. The van der Waals surface area contributed by atoms with Gasteiger partial charge >= 0.3 is 0 Å². The van der Waals surface area contributed by atoms with Crippen LogP contribution < -0.4 is 4.74 Å². The number of piperidine rings is 1. The highest BCUT2D eigenvalue weighted by Crippen LogP contribution is 2.33. The molecule has 0 spiro atoms. The molecule has 31 heavy (non-hydrogen) atoms. The first kappa shape index (κ1) is 19.8. The molecular formula is C26H24N2O2S. The van der Waals surface area contributed by atoms with Crippen LogP contribution >= 0.6 is 11.3 Å². The van der Waals surface area contributed by atoms with E-state index in [-0.39, 0.29) is 12.5 Å². The van der Waals surface area contributed by atoms with Gasteiger partial charge in [0.1, 0.15) is 5.75 Å². The number of nitrogens with zero attached hydrogens (tertiary/aromatic N) is 2. The molecule has 1 atom stereocenters. The highest BCUT2D eigenvalue weighted by atomic mass is 32.1. The first-order valence-corrected chi connectivity index (χ1v) is 11.5. The van der Waals surface area contributed by atoms with Crippen LogP contribution in [0.5, 0.6) is 5.75 Å². The van der Waals surface area contributed by atoms with E-state index < -0.39 is 0 Å². The van der Waals surface area contributed by atoms with Crippen molar-refractivity contribution in [3.8, 4) is 16.9 Å². The number of fused-ring (bicyclic) bond motifs is 1. The van der Waals surface area contributed by atoms with E-state index in [1.807, 2.05) is 59.5 Å². The normalized spacial score (nSPS) is 16.4. The Kier molecular flexibility index (Phi) is 5.67. The van der Waals surface area contributed by atoms with Crippen LogP contribution in [0.1, 0.15) is 23.8 Å². The van der Waals surface area contributed by atoms with Crippen molar-refractivity contribution in [2.75, 3.05) is 19.7 Å². The minimum absolute atomic E-state index is 0.0358. The summed E-state index contributed by atoms with van der Waals surface area (Å²) in [4.78, 5) is 19.7. The summed E-state index contributed by atoms with van der Waals surface area (Å²) in [6.07, 6.45) is 2.06. The largest absolute Gasteiger partial charge is 0.483 e. The molecule has 5 heteroatoms. The molecule has 0 bridgehead atoms. The molecule has 2 heterocycles. The second kappa shape index (κ2) is 8.90. The summed E-state index contributed by atoms with van der Waals surface area (Å²) in [6, 6.07) is 26.2.